The second-order valence-electron chi connectivity index (χ2n) is 7.14. The molecule has 0 radical (unpaired) electrons. The number of carbonyl (C=O) groups is 1. The van der Waals surface area contributed by atoms with Gasteiger partial charge >= 0.3 is 6.03 Å². The molecule has 0 saturated carbocycles. The Labute approximate surface area is 165 Å². The fraction of sp³-hybridized carbons (Fsp3) is 0.500. The van der Waals surface area contributed by atoms with Crippen LogP contribution < -0.4 is 10.6 Å². The predicted octanol–water partition coefficient (Wildman–Crippen LogP) is 2.55. The van der Waals surface area contributed by atoms with E-state index in [1.165, 1.54) is 0 Å². The Balaban J connectivity index is 1.37. The van der Waals surface area contributed by atoms with E-state index in [-0.39, 0.29) is 24.2 Å². The first-order chi connectivity index (χ1) is 13.6. The van der Waals surface area contributed by atoms with Gasteiger partial charge in [-0.15, -0.1) is 5.10 Å². The summed E-state index contributed by atoms with van der Waals surface area (Å²) in [4.78, 5) is 18.8. The van der Waals surface area contributed by atoms with Gasteiger partial charge in [-0.2, -0.15) is 5.10 Å². The number of hydrogen-bond acceptors (Lipinski definition) is 6. The number of amides is 2. The van der Waals surface area contributed by atoms with Crippen LogP contribution in [0.25, 0.3) is 11.3 Å². The van der Waals surface area contributed by atoms with Crippen molar-refractivity contribution in [3.05, 3.63) is 36.5 Å². The summed E-state index contributed by atoms with van der Waals surface area (Å²) in [5.74, 6) is 0.190. The first-order valence-corrected chi connectivity index (χ1v) is 9.78. The summed E-state index contributed by atoms with van der Waals surface area (Å²) in [5.41, 5.74) is 1.59. The first-order valence-electron chi connectivity index (χ1n) is 9.78. The number of carbonyl (C=O) groups excluding carboxylic acids is 1. The van der Waals surface area contributed by atoms with E-state index < -0.39 is 0 Å². The molecule has 1 aromatic carbocycles. The third-order valence-corrected chi connectivity index (χ3v) is 4.54. The summed E-state index contributed by atoms with van der Waals surface area (Å²) in [6.07, 6.45) is 4.09. The van der Waals surface area contributed by atoms with Gasteiger partial charge in [0.1, 0.15) is 0 Å². The van der Waals surface area contributed by atoms with Gasteiger partial charge in [0.25, 0.3) is 5.95 Å². The molecule has 2 heterocycles. The lowest BCUT2D eigenvalue weighted by molar-refractivity contribution is -0.0681. The van der Waals surface area contributed by atoms with E-state index in [4.69, 9.17) is 4.74 Å². The Morgan fingerprint density at radius 3 is 2.68 bits per heavy atom. The molecule has 8 nitrogen and oxygen atoms in total. The molecule has 2 atom stereocenters. The summed E-state index contributed by atoms with van der Waals surface area (Å²) < 4.78 is 5.74. The molecule has 1 fully saturated rings. The van der Waals surface area contributed by atoms with Crippen molar-refractivity contribution in [3.63, 3.8) is 0 Å². The van der Waals surface area contributed by atoms with E-state index >= 15 is 0 Å². The van der Waals surface area contributed by atoms with Crippen molar-refractivity contribution in [2.24, 2.45) is 0 Å². The quantitative estimate of drug-likeness (QED) is 0.713. The minimum Gasteiger partial charge on any atom is -0.373 e. The molecular weight excluding hydrogens is 356 g/mol. The predicted molar refractivity (Wildman–Crippen MR) is 108 cm³/mol. The fourth-order valence-corrected chi connectivity index (χ4v) is 3.38. The Morgan fingerprint density at radius 2 is 1.93 bits per heavy atom. The van der Waals surface area contributed by atoms with Gasteiger partial charge in [0.15, 0.2) is 0 Å². The highest BCUT2D eigenvalue weighted by molar-refractivity contribution is 5.87. The van der Waals surface area contributed by atoms with Crippen molar-refractivity contribution in [2.45, 2.75) is 38.9 Å². The number of anilines is 1. The largest absolute Gasteiger partial charge is 0.373 e. The molecule has 0 bridgehead atoms. The van der Waals surface area contributed by atoms with Crippen LogP contribution in [0.4, 0.5) is 10.7 Å². The van der Waals surface area contributed by atoms with E-state index in [2.05, 4.69) is 44.6 Å². The average molecular weight is 384 g/mol. The number of benzene rings is 1. The average Bonchev–Trinajstić information content (AvgIpc) is 2.68. The third kappa shape index (κ3) is 6.24. The highest BCUT2D eigenvalue weighted by atomic mass is 16.5. The molecule has 0 spiro atoms. The number of urea groups is 1. The molecule has 2 amide bonds. The zero-order valence-electron chi connectivity index (χ0n) is 16.5. The minimum atomic E-state index is -0.319. The molecule has 2 aromatic rings. The molecule has 3 rings (SSSR count). The van der Waals surface area contributed by atoms with Crippen molar-refractivity contribution in [3.8, 4) is 11.3 Å². The number of hydrogen-bond donors (Lipinski definition) is 2. The van der Waals surface area contributed by atoms with Gasteiger partial charge in [0.2, 0.25) is 0 Å². The zero-order valence-corrected chi connectivity index (χ0v) is 16.5. The number of nitrogens with zero attached hydrogens (tertiary/aromatic N) is 4. The van der Waals surface area contributed by atoms with E-state index in [0.717, 1.165) is 38.0 Å². The summed E-state index contributed by atoms with van der Waals surface area (Å²) in [6.45, 7) is 7.79. The van der Waals surface area contributed by atoms with E-state index in [9.17, 15) is 4.79 Å². The molecule has 0 aliphatic carbocycles. The summed E-state index contributed by atoms with van der Waals surface area (Å²) in [7, 11) is 0. The molecule has 1 aromatic heterocycles. The number of aromatic nitrogens is 3. The van der Waals surface area contributed by atoms with Crippen LogP contribution in [0, 0.1) is 0 Å². The number of rotatable bonds is 7. The smallest absolute Gasteiger partial charge is 0.321 e. The number of ether oxygens (including phenoxy) is 1. The summed E-state index contributed by atoms with van der Waals surface area (Å²) >= 11 is 0. The van der Waals surface area contributed by atoms with Crippen molar-refractivity contribution in [1.82, 2.24) is 25.4 Å². The Bertz CT molecular complexity index is 747. The molecule has 1 aliphatic rings. The number of nitrogens with one attached hydrogen (secondary N) is 2. The maximum Gasteiger partial charge on any atom is 0.321 e. The summed E-state index contributed by atoms with van der Waals surface area (Å²) in [6, 6.07) is 9.34. The van der Waals surface area contributed by atoms with Crippen LogP contribution in [0.2, 0.25) is 0 Å². The molecule has 1 aliphatic heterocycles. The van der Waals surface area contributed by atoms with Gasteiger partial charge in [-0.25, -0.2) is 9.78 Å². The number of morpholine rings is 1. The van der Waals surface area contributed by atoms with Crippen LogP contribution in [-0.4, -0.2) is 64.5 Å². The topological polar surface area (TPSA) is 92.3 Å². The van der Waals surface area contributed by atoms with Crippen LogP contribution in [0.3, 0.4) is 0 Å². The van der Waals surface area contributed by atoms with Gasteiger partial charge in [-0.1, -0.05) is 30.3 Å². The van der Waals surface area contributed by atoms with Crippen LogP contribution >= 0.6 is 0 Å². The fourth-order valence-electron chi connectivity index (χ4n) is 3.38. The Morgan fingerprint density at radius 1 is 1.18 bits per heavy atom. The third-order valence-electron chi connectivity index (χ3n) is 4.54. The van der Waals surface area contributed by atoms with Gasteiger partial charge in [-0.05, 0) is 33.2 Å². The highest BCUT2D eigenvalue weighted by Gasteiger charge is 2.21. The maximum atomic E-state index is 12.1. The second-order valence-corrected chi connectivity index (χ2v) is 7.14. The lowest BCUT2D eigenvalue weighted by Gasteiger charge is -2.35. The SMILES string of the molecule is C[C@@H]1CN(CCCCNC(=O)Nc2nncc(-c3ccccc3)n2)C[C@@H](C)O1. The highest BCUT2D eigenvalue weighted by Crippen LogP contribution is 2.15. The summed E-state index contributed by atoms with van der Waals surface area (Å²) in [5, 5.41) is 13.3. The molecule has 0 unspecified atom stereocenters. The van der Waals surface area contributed by atoms with Gasteiger partial charge in [-0.3, -0.25) is 10.2 Å². The first kappa shape index (κ1) is 20.2. The van der Waals surface area contributed by atoms with Crippen LogP contribution in [-0.2, 0) is 4.74 Å². The van der Waals surface area contributed by atoms with E-state index in [0.29, 0.717) is 12.2 Å². The van der Waals surface area contributed by atoms with E-state index in [1.54, 1.807) is 6.20 Å². The van der Waals surface area contributed by atoms with Crippen molar-refractivity contribution in [1.29, 1.82) is 0 Å². The van der Waals surface area contributed by atoms with Crippen LogP contribution in [0.15, 0.2) is 36.5 Å². The molecule has 8 heteroatoms. The van der Waals surface area contributed by atoms with E-state index in [1.807, 2.05) is 30.3 Å². The van der Waals surface area contributed by atoms with Crippen molar-refractivity contribution in [2.75, 3.05) is 31.5 Å². The molecular formula is C20H28N6O2. The second kappa shape index (κ2) is 10.1. The molecule has 28 heavy (non-hydrogen) atoms. The Hall–Kier alpha value is -2.58. The maximum absolute atomic E-state index is 12.1. The van der Waals surface area contributed by atoms with Crippen LogP contribution in [0.1, 0.15) is 26.7 Å². The lowest BCUT2D eigenvalue weighted by atomic mass is 10.2. The van der Waals surface area contributed by atoms with Gasteiger partial charge in [0.05, 0.1) is 24.1 Å². The normalized spacial score (nSPS) is 19.9. The molecule has 150 valence electrons. The van der Waals surface area contributed by atoms with Crippen molar-refractivity contribution < 1.29 is 9.53 Å². The van der Waals surface area contributed by atoms with Crippen molar-refractivity contribution >= 4 is 12.0 Å². The van der Waals surface area contributed by atoms with Gasteiger partial charge < -0.3 is 10.1 Å². The standard InChI is InChI=1S/C20H28N6O2/c1-15-13-26(14-16(2)28-15)11-7-6-10-21-20(27)24-19-23-18(12-22-25-19)17-8-4-3-5-9-17/h3-5,8-9,12,15-16H,6-7,10-11,13-14H2,1-2H3,(H2,21,23,24,25,27)/t15-,16-/m1/s1. The number of unbranched alkanes of at least 4 members (excludes halogenated alkanes) is 1. The van der Waals surface area contributed by atoms with Crippen LogP contribution in [0.5, 0.6) is 0 Å². The Kier molecular flexibility index (Phi) is 7.27. The zero-order chi connectivity index (χ0) is 19.8. The minimum absolute atomic E-state index is 0.190. The molecule has 1 saturated heterocycles. The monoisotopic (exact) mass is 384 g/mol. The van der Waals surface area contributed by atoms with Gasteiger partial charge in [0, 0.05) is 25.2 Å². The molecule has 2 N–H and O–H groups in total. The lowest BCUT2D eigenvalue weighted by Crippen LogP contribution is -2.45.